The van der Waals surface area contributed by atoms with E-state index in [9.17, 15) is 4.79 Å². The Kier molecular flexibility index (Phi) is 5.78. The van der Waals surface area contributed by atoms with Gasteiger partial charge in [0.1, 0.15) is 0 Å². The van der Waals surface area contributed by atoms with Gasteiger partial charge in [-0.2, -0.15) is 0 Å². The summed E-state index contributed by atoms with van der Waals surface area (Å²) < 4.78 is 5.77. The Balaban J connectivity index is 1.57. The first-order valence-corrected chi connectivity index (χ1v) is 9.58. The van der Waals surface area contributed by atoms with Crippen LogP contribution in [0.1, 0.15) is 23.6 Å². The average molecular weight is 366 g/mol. The number of hydrogen-bond donors (Lipinski definition) is 1. The molecular formula is C21H22N2O2S. The van der Waals surface area contributed by atoms with E-state index in [-0.39, 0.29) is 11.7 Å². The molecule has 0 fully saturated rings. The summed E-state index contributed by atoms with van der Waals surface area (Å²) in [6.07, 6.45) is 2.69. The van der Waals surface area contributed by atoms with Crippen LogP contribution in [0.5, 0.6) is 0 Å². The maximum atomic E-state index is 12.1. The molecule has 3 aromatic rings. The Morgan fingerprint density at radius 1 is 1.12 bits per heavy atom. The molecular weight excluding hydrogens is 344 g/mol. The summed E-state index contributed by atoms with van der Waals surface area (Å²) in [5, 5.41) is 3.38. The molecule has 0 aliphatic carbocycles. The van der Waals surface area contributed by atoms with Crippen LogP contribution >= 0.6 is 11.8 Å². The van der Waals surface area contributed by atoms with Gasteiger partial charge in [-0.25, -0.2) is 4.98 Å². The molecule has 3 rings (SSSR count). The van der Waals surface area contributed by atoms with Gasteiger partial charge < -0.3 is 9.73 Å². The molecule has 0 radical (unpaired) electrons. The van der Waals surface area contributed by atoms with Crippen LogP contribution in [-0.2, 0) is 11.2 Å². The fourth-order valence-corrected chi connectivity index (χ4v) is 3.10. The van der Waals surface area contributed by atoms with Crippen LogP contribution in [0.4, 0.5) is 5.69 Å². The second-order valence-electron chi connectivity index (χ2n) is 6.18. The fraction of sp³-hybridized carbons (Fsp3) is 0.238. The van der Waals surface area contributed by atoms with Crippen molar-refractivity contribution in [1.82, 2.24) is 4.98 Å². The van der Waals surface area contributed by atoms with E-state index in [0.29, 0.717) is 11.0 Å². The molecule has 1 aromatic heterocycles. The highest BCUT2D eigenvalue weighted by atomic mass is 32.2. The summed E-state index contributed by atoms with van der Waals surface area (Å²) in [6, 6.07) is 14.0. The van der Waals surface area contributed by atoms with Crippen molar-refractivity contribution in [2.75, 3.05) is 11.1 Å². The Hall–Kier alpha value is -2.53. The number of nitrogens with one attached hydrogen (secondary N) is 1. The number of thioether (sulfide) groups is 1. The van der Waals surface area contributed by atoms with Gasteiger partial charge >= 0.3 is 0 Å². The zero-order valence-electron chi connectivity index (χ0n) is 15.2. The molecule has 0 unspecified atom stereocenters. The molecule has 4 nitrogen and oxygen atoms in total. The van der Waals surface area contributed by atoms with Crippen molar-refractivity contribution in [3.8, 4) is 11.3 Å². The Labute approximate surface area is 158 Å². The summed E-state index contributed by atoms with van der Waals surface area (Å²) in [7, 11) is 0. The molecule has 1 N–H and O–H groups in total. The lowest BCUT2D eigenvalue weighted by Crippen LogP contribution is -2.13. The lowest BCUT2D eigenvalue weighted by molar-refractivity contribution is -0.113. The molecule has 1 amide bonds. The van der Waals surface area contributed by atoms with Gasteiger partial charge in [0.25, 0.3) is 5.22 Å². The zero-order chi connectivity index (χ0) is 18.5. The third kappa shape index (κ3) is 4.55. The first kappa shape index (κ1) is 18.3. The van der Waals surface area contributed by atoms with Crippen LogP contribution in [0.25, 0.3) is 11.3 Å². The van der Waals surface area contributed by atoms with Crippen LogP contribution < -0.4 is 5.32 Å². The predicted octanol–water partition coefficient (Wildman–Crippen LogP) is 5.25. The number of carbonyl (C=O) groups excluding carboxylic acids is 1. The van der Waals surface area contributed by atoms with Crippen molar-refractivity contribution in [2.45, 2.75) is 32.4 Å². The molecule has 0 bridgehead atoms. The number of benzene rings is 2. The van der Waals surface area contributed by atoms with Gasteiger partial charge in [-0.3, -0.25) is 4.79 Å². The van der Waals surface area contributed by atoms with E-state index < -0.39 is 0 Å². The lowest BCUT2D eigenvalue weighted by Gasteiger charge is -2.05. The van der Waals surface area contributed by atoms with Crippen LogP contribution in [0.15, 0.2) is 58.3 Å². The smallest absolute Gasteiger partial charge is 0.256 e. The second kappa shape index (κ2) is 8.23. The molecule has 26 heavy (non-hydrogen) atoms. The van der Waals surface area contributed by atoms with Gasteiger partial charge in [0.05, 0.1) is 11.9 Å². The van der Waals surface area contributed by atoms with Gasteiger partial charge in [-0.1, -0.05) is 43.0 Å². The van der Waals surface area contributed by atoms with Crippen molar-refractivity contribution in [3.05, 3.63) is 65.4 Å². The van der Waals surface area contributed by atoms with E-state index in [1.807, 2.05) is 30.3 Å². The lowest BCUT2D eigenvalue weighted by atomic mass is 10.1. The number of nitrogens with zero attached hydrogens (tertiary/aromatic N) is 1. The van der Waals surface area contributed by atoms with Crippen LogP contribution in [0, 0.1) is 13.8 Å². The minimum atomic E-state index is -0.0785. The molecule has 0 aliphatic heterocycles. The summed E-state index contributed by atoms with van der Waals surface area (Å²) in [5.74, 6) is 0.888. The minimum Gasteiger partial charge on any atom is -0.431 e. The van der Waals surface area contributed by atoms with E-state index >= 15 is 0 Å². The third-order valence-corrected chi connectivity index (χ3v) is 5.09. The van der Waals surface area contributed by atoms with Crippen molar-refractivity contribution in [3.63, 3.8) is 0 Å². The van der Waals surface area contributed by atoms with E-state index in [4.69, 9.17) is 4.42 Å². The molecule has 0 saturated carbocycles. The van der Waals surface area contributed by atoms with Crippen molar-refractivity contribution >= 4 is 23.4 Å². The quantitative estimate of drug-likeness (QED) is 0.605. The van der Waals surface area contributed by atoms with Gasteiger partial charge in [0.2, 0.25) is 5.91 Å². The summed E-state index contributed by atoms with van der Waals surface area (Å²) in [6.45, 7) is 6.25. The number of rotatable bonds is 6. The van der Waals surface area contributed by atoms with Gasteiger partial charge in [-0.15, -0.1) is 0 Å². The summed E-state index contributed by atoms with van der Waals surface area (Å²) >= 11 is 1.29. The fourth-order valence-electron chi connectivity index (χ4n) is 2.50. The maximum Gasteiger partial charge on any atom is 0.256 e. The predicted molar refractivity (Wildman–Crippen MR) is 107 cm³/mol. The molecule has 134 valence electrons. The van der Waals surface area contributed by atoms with Crippen LogP contribution in [-0.4, -0.2) is 16.6 Å². The Morgan fingerprint density at radius 3 is 2.58 bits per heavy atom. The number of carbonyl (C=O) groups is 1. The Morgan fingerprint density at radius 2 is 1.88 bits per heavy atom. The van der Waals surface area contributed by atoms with E-state index in [1.165, 1.54) is 28.5 Å². The first-order valence-electron chi connectivity index (χ1n) is 8.60. The second-order valence-corrected chi connectivity index (χ2v) is 7.10. The van der Waals surface area contributed by atoms with Crippen LogP contribution in [0.2, 0.25) is 0 Å². The monoisotopic (exact) mass is 366 g/mol. The molecule has 5 heteroatoms. The SMILES string of the molecule is CCc1ccc(NC(=O)CSc2ncc(-c3ccc(C)c(C)c3)o2)cc1. The minimum absolute atomic E-state index is 0.0785. The summed E-state index contributed by atoms with van der Waals surface area (Å²) in [4.78, 5) is 16.4. The third-order valence-electron chi connectivity index (χ3n) is 4.25. The number of hydrogen-bond acceptors (Lipinski definition) is 4. The standard InChI is InChI=1S/C21H22N2O2S/c1-4-16-6-9-18(10-7-16)23-20(24)13-26-21-22-12-19(25-21)17-8-5-14(2)15(3)11-17/h5-12H,4,13H2,1-3H3,(H,23,24). The van der Waals surface area contributed by atoms with Crippen molar-refractivity contribution in [2.24, 2.45) is 0 Å². The highest BCUT2D eigenvalue weighted by Gasteiger charge is 2.10. The number of oxazole rings is 1. The number of anilines is 1. The number of aryl methyl sites for hydroxylation is 3. The van der Waals surface area contributed by atoms with Crippen molar-refractivity contribution < 1.29 is 9.21 Å². The normalized spacial score (nSPS) is 10.7. The molecule has 2 aromatic carbocycles. The van der Waals surface area contributed by atoms with E-state index in [0.717, 1.165) is 17.7 Å². The largest absolute Gasteiger partial charge is 0.431 e. The highest BCUT2D eigenvalue weighted by Crippen LogP contribution is 2.27. The molecule has 0 atom stereocenters. The van der Waals surface area contributed by atoms with Crippen molar-refractivity contribution in [1.29, 1.82) is 0 Å². The maximum absolute atomic E-state index is 12.1. The summed E-state index contributed by atoms with van der Waals surface area (Å²) in [5.41, 5.74) is 5.49. The topological polar surface area (TPSA) is 55.1 Å². The van der Waals surface area contributed by atoms with Gasteiger partial charge in [0.15, 0.2) is 5.76 Å². The molecule has 0 saturated heterocycles. The van der Waals surface area contributed by atoms with E-state index in [1.54, 1.807) is 6.20 Å². The van der Waals surface area contributed by atoms with Gasteiger partial charge in [-0.05, 0) is 55.2 Å². The highest BCUT2D eigenvalue weighted by molar-refractivity contribution is 7.99. The van der Waals surface area contributed by atoms with Crippen LogP contribution in [0.3, 0.4) is 0 Å². The average Bonchev–Trinajstić information content (AvgIpc) is 3.12. The molecule has 0 spiro atoms. The molecule has 0 aliphatic rings. The zero-order valence-corrected chi connectivity index (χ0v) is 16.0. The molecule has 1 heterocycles. The first-order chi connectivity index (χ1) is 12.5. The number of amides is 1. The van der Waals surface area contributed by atoms with Gasteiger partial charge in [0, 0.05) is 11.3 Å². The Bertz CT molecular complexity index is 901. The number of aromatic nitrogens is 1. The van der Waals surface area contributed by atoms with E-state index in [2.05, 4.69) is 43.2 Å².